The molecule has 3 N–H and O–H groups in total. The molecule has 0 aromatic carbocycles. The van der Waals surface area contributed by atoms with Gasteiger partial charge in [-0.1, -0.05) is 0 Å². The number of ether oxygens (including phenoxy) is 1. The summed E-state index contributed by atoms with van der Waals surface area (Å²) in [4.78, 5) is 23.4. The van der Waals surface area contributed by atoms with Crippen LogP contribution in [-0.2, 0) is 17.6 Å². The van der Waals surface area contributed by atoms with Crippen molar-refractivity contribution in [2.75, 3.05) is 25.6 Å². The molecular weight excluding hydrogens is 416 g/mol. The average molecular weight is 439 g/mol. The first-order valence-corrected chi connectivity index (χ1v) is 10.9. The van der Waals surface area contributed by atoms with Crippen molar-refractivity contribution in [2.45, 2.75) is 19.3 Å². The number of nitrogens with one attached hydrogen (secondary N) is 2. The summed E-state index contributed by atoms with van der Waals surface area (Å²) in [5.41, 5.74) is 2.95. The van der Waals surface area contributed by atoms with Crippen LogP contribution in [-0.4, -0.2) is 50.9 Å². The zero-order valence-electron chi connectivity index (χ0n) is 17.0. The summed E-state index contributed by atoms with van der Waals surface area (Å²) in [6.07, 6.45) is 7.35. The van der Waals surface area contributed by atoms with E-state index in [0.717, 1.165) is 40.1 Å². The summed E-state index contributed by atoms with van der Waals surface area (Å²) in [6, 6.07) is 3.90. The number of hydrogen-bond acceptors (Lipinski definition) is 8. The first-order valence-electron chi connectivity index (χ1n) is 10.1. The van der Waals surface area contributed by atoms with Gasteiger partial charge >= 0.3 is 0 Å². The van der Waals surface area contributed by atoms with Gasteiger partial charge in [0, 0.05) is 23.5 Å². The van der Waals surface area contributed by atoms with Crippen LogP contribution >= 0.6 is 11.3 Å². The molecule has 10 heteroatoms. The van der Waals surface area contributed by atoms with E-state index in [0.29, 0.717) is 12.2 Å². The molecule has 5 rings (SSSR count). The summed E-state index contributed by atoms with van der Waals surface area (Å²) < 4.78 is 7.31. The smallest absolute Gasteiger partial charge is 0.223 e. The van der Waals surface area contributed by atoms with Gasteiger partial charge in [0.05, 0.1) is 36.5 Å². The van der Waals surface area contributed by atoms with E-state index in [9.17, 15) is 4.79 Å². The molecule has 9 nitrogen and oxygen atoms in total. The van der Waals surface area contributed by atoms with Crippen LogP contribution in [0.5, 0.6) is 5.75 Å². The third kappa shape index (κ3) is 3.57. The molecule has 4 aromatic heterocycles. The topological polar surface area (TPSA) is 114 Å². The highest BCUT2D eigenvalue weighted by molar-refractivity contribution is 7.19. The highest BCUT2D eigenvalue weighted by Crippen LogP contribution is 2.41. The zero-order chi connectivity index (χ0) is 21.4. The Bertz CT molecular complexity index is 1270. The van der Waals surface area contributed by atoms with Gasteiger partial charge in [-0.05, 0) is 37.0 Å². The molecule has 0 saturated heterocycles. The fourth-order valence-electron chi connectivity index (χ4n) is 4.09. The van der Waals surface area contributed by atoms with Crippen molar-refractivity contribution >= 4 is 44.5 Å². The molecule has 0 bridgehead atoms. The Morgan fingerprint density at radius 2 is 2.32 bits per heavy atom. The van der Waals surface area contributed by atoms with E-state index >= 15 is 0 Å². The predicted molar refractivity (Wildman–Crippen MR) is 118 cm³/mol. The maximum atomic E-state index is 12.4. The van der Waals surface area contributed by atoms with E-state index in [1.807, 2.05) is 18.3 Å². The lowest BCUT2D eigenvalue weighted by molar-refractivity contribution is -0.125. The Kier molecular flexibility index (Phi) is 5.16. The van der Waals surface area contributed by atoms with Crippen LogP contribution in [0.4, 0.5) is 11.5 Å². The van der Waals surface area contributed by atoms with Gasteiger partial charge in [0.15, 0.2) is 5.75 Å². The molecule has 4 heterocycles. The number of fused-ring (bicyclic) bond motifs is 4. The van der Waals surface area contributed by atoms with Gasteiger partial charge in [-0.25, -0.2) is 14.5 Å². The van der Waals surface area contributed by atoms with Gasteiger partial charge in [-0.15, -0.1) is 11.3 Å². The minimum atomic E-state index is -0.0825. The lowest BCUT2D eigenvalue weighted by Crippen LogP contribution is -2.35. The maximum absolute atomic E-state index is 12.4. The van der Waals surface area contributed by atoms with E-state index in [-0.39, 0.29) is 25.0 Å². The fourth-order valence-corrected chi connectivity index (χ4v) is 5.35. The van der Waals surface area contributed by atoms with Crippen molar-refractivity contribution in [1.82, 2.24) is 24.9 Å². The zero-order valence-corrected chi connectivity index (χ0v) is 17.8. The van der Waals surface area contributed by atoms with Gasteiger partial charge in [0.25, 0.3) is 0 Å². The molecule has 0 spiro atoms. The lowest BCUT2D eigenvalue weighted by Gasteiger charge is -2.21. The van der Waals surface area contributed by atoms with Crippen molar-refractivity contribution in [3.05, 3.63) is 41.3 Å². The molecule has 160 valence electrons. The summed E-state index contributed by atoms with van der Waals surface area (Å²) in [7, 11) is 1.62. The number of hydrogen-bond donors (Lipinski definition) is 3. The Morgan fingerprint density at radius 1 is 1.42 bits per heavy atom. The predicted octanol–water partition coefficient (Wildman–Crippen LogP) is 2.30. The number of aromatic nitrogens is 4. The molecule has 1 atom stereocenters. The Hall–Kier alpha value is -3.24. The molecule has 0 unspecified atom stereocenters. The van der Waals surface area contributed by atoms with Crippen molar-refractivity contribution in [3.63, 3.8) is 0 Å². The van der Waals surface area contributed by atoms with Crippen LogP contribution in [0.1, 0.15) is 16.9 Å². The molecule has 31 heavy (non-hydrogen) atoms. The first kappa shape index (κ1) is 19.7. The molecule has 0 saturated carbocycles. The van der Waals surface area contributed by atoms with Crippen LogP contribution in [0.2, 0.25) is 0 Å². The van der Waals surface area contributed by atoms with Crippen LogP contribution in [0.3, 0.4) is 0 Å². The minimum Gasteiger partial charge on any atom is -0.493 e. The van der Waals surface area contributed by atoms with Crippen LogP contribution < -0.4 is 15.4 Å². The number of carbonyl (C=O) groups excluding carboxylic acids is 1. The summed E-state index contributed by atoms with van der Waals surface area (Å²) in [5.74, 6) is 1.31. The second kappa shape index (κ2) is 8.12. The number of aliphatic hydroxyl groups excluding tert-OH is 1. The SMILES string of the molecule is COc1cn2nccc2cc1Nc1ncnc2sc3c(c12)CC[C@H](C(=O)NCCO)C3. The van der Waals surface area contributed by atoms with Crippen LogP contribution in [0, 0.1) is 5.92 Å². The lowest BCUT2D eigenvalue weighted by atomic mass is 9.87. The number of anilines is 2. The van der Waals surface area contributed by atoms with Gasteiger partial charge < -0.3 is 20.5 Å². The summed E-state index contributed by atoms with van der Waals surface area (Å²) >= 11 is 1.62. The number of pyridine rings is 1. The van der Waals surface area contributed by atoms with Crippen molar-refractivity contribution in [1.29, 1.82) is 0 Å². The van der Waals surface area contributed by atoms with E-state index in [4.69, 9.17) is 9.84 Å². The number of methoxy groups -OCH3 is 1. The van der Waals surface area contributed by atoms with Crippen LogP contribution in [0.15, 0.2) is 30.9 Å². The number of aliphatic hydroxyl groups is 1. The largest absolute Gasteiger partial charge is 0.493 e. The van der Waals surface area contributed by atoms with Crippen molar-refractivity contribution in [2.24, 2.45) is 5.92 Å². The summed E-state index contributed by atoms with van der Waals surface area (Å²) in [6.45, 7) is 0.239. The van der Waals surface area contributed by atoms with Crippen molar-refractivity contribution < 1.29 is 14.6 Å². The van der Waals surface area contributed by atoms with E-state index in [1.165, 1.54) is 10.4 Å². The molecule has 1 amide bonds. The molecule has 0 fully saturated rings. The molecule has 4 aromatic rings. The molecular formula is C21H22N6O3S. The van der Waals surface area contributed by atoms with Crippen LogP contribution in [0.25, 0.3) is 15.7 Å². The number of rotatable bonds is 6. The highest BCUT2D eigenvalue weighted by atomic mass is 32.1. The molecule has 0 radical (unpaired) electrons. The van der Waals surface area contributed by atoms with Crippen molar-refractivity contribution in [3.8, 4) is 5.75 Å². The third-order valence-electron chi connectivity index (χ3n) is 5.60. The Labute approximate surface area is 182 Å². The van der Waals surface area contributed by atoms with E-state index in [1.54, 1.807) is 35.5 Å². The second-order valence-corrected chi connectivity index (χ2v) is 8.53. The third-order valence-corrected chi connectivity index (χ3v) is 6.76. The molecule has 0 aliphatic heterocycles. The number of nitrogens with zero attached hydrogens (tertiary/aromatic N) is 4. The molecule has 1 aliphatic carbocycles. The molecule has 1 aliphatic rings. The number of thiophene rings is 1. The summed E-state index contributed by atoms with van der Waals surface area (Å²) in [5, 5.41) is 20.4. The van der Waals surface area contributed by atoms with E-state index in [2.05, 4.69) is 25.7 Å². The fraction of sp³-hybridized carbons (Fsp3) is 0.333. The number of aryl methyl sites for hydroxylation is 1. The maximum Gasteiger partial charge on any atom is 0.223 e. The Morgan fingerprint density at radius 3 is 3.16 bits per heavy atom. The van der Waals surface area contributed by atoms with Gasteiger partial charge in [-0.3, -0.25) is 4.79 Å². The standard InChI is InChI=1S/C21H22N6O3S/c1-30-16-10-27-13(4-5-25-27)9-15(16)26-19-18-14-3-2-12(20(29)22-6-7-28)8-17(14)31-21(18)24-11-23-19/h4-5,9-12,28H,2-3,6-8H2,1H3,(H,22,29)(H,23,24,26)/t12-/m0/s1. The minimum absolute atomic E-state index is 0.000403. The second-order valence-electron chi connectivity index (χ2n) is 7.44. The monoisotopic (exact) mass is 438 g/mol. The van der Waals surface area contributed by atoms with Gasteiger partial charge in [-0.2, -0.15) is 5.10 Å². The normalized spacial score (nSPS) is 15.7. The number of amides is 1. The highest BCUT2D eigenvalue weighted by Gasteiger charge is 2.29. The number of carbonyl (C=O) groups is 1. The Balaban J connectivity index is 1.49. The van der Waals surface area contributed by atoms with E-state index < -0.39 is 0 Å². The average Bonchev–Trinajstić information content (AvgIpc) is 3.40. The first-order chi connectivity index (χ1) is 15.2. The van der Waals surface area contributed by atoms with Gasteiger partial charge in [0.1, 0.15) is 17.0 Å². The van der Waals surface area contributed by atoms with Gasteiger partial charge in [0.2, 0.25) is 5.91 Å². The quantitative estimate of drug-likeness (QED) is 0.423.